The fourth-order valence-corrected chi connectivity index (χ4v) is 3.69. The lowest BCUT2D eigenvalue weighted by atomic mass is 10.2. The Morgan fingerprint density at radius 1 is 1.18 bits per heavy atom. The van der Waals surface area contributed by atoms with Gasteiger partial charge in [0.1, 0.15) is 18.1 Å². The summed E-state index contributed by atoms with van der Waals surface area (Å²) in [4.78, 5) is 11.6. The van der Waals surface area contributed by atoms with Crippen molar-refractivity contribution < 1.29 is 9.15 Å². The van der Waals surface area contributed by atoms with Crippen LogP contribution in [-0.4, -0.2) is 34.0 Å². The Kier molecular flexibility index (Phi) is 5.72. The van der Waals surface area contributed by atoms with Crippen molar-refractivity contribution in [1.82, 2.24) is 14.9 Å². The summed E-state index contributed by atoms with van der Waals surface area (Å²) in [7, 11) is 0. The van der Waals surface area contributed by atoms with Crippen LogP contribution in [0.5, 0.6) is 5.75 Å². The minimum absolute atomic E-state index is 0.456. The zero-order valence-corrected chi connectivity index (χ0v) is 16.6. The highest BCUT2D eigenvalue weighted by Crippen LogP contribution is 2.25. The molecule has 146 valence electrons. The molecule has 0 bridgehead atoms. The van der Waals surface area contributed by atoms with Gasteiger partial charge in [0.15, 0.2) is 0 Å². The van der Waals surface area contributed by atoms with Gasteiger partial charge < -0.3 is 14.1 Å². The van der Waals surface area contributed by atoms with Crippen LogP contribution in [0.15, 0.2) is 53.1 Å². The van der Waals surface area contributed by atoms with E-state index >= 15 is 0 Å². The van der Waals surface area contributed by atoms with Crippen molar-refractivity contribution in [1.29, 1.82) is 0 Å². The predicted molar refractivity (Wildman–Crippen MR) is 109 cm³/mol. The van der Waals surface area contributed by atoms with Crippen LogP contribution in [0.25, 0.3) is 11.5 Å². The lowest BCUT2D eigenvalue weighted by Gasteiger charge is -2.20. The maximum absolute atomic E-state index is 5.93. The van der Waals surface area contributed by atoms with Crippen LogP contribution in [0.2, 0.25) is 0 Å². The quantitative estimate of drug-likeness (QED) is 0.600. The van der Waals surface area contributed by atoms with Gasteiger partial charge in [-0.1, -0.05) is 6.07 Å². The van der Waals surface area contributed by atoms with Gasteiger partial charge >= 0.3 is 0 Å². The summed E-state index contributed by atoms with van der Waals surface area (Å²) < 4.78 is 11.7. The maximum Gasteiger partial charge on any atom is 0.226 e. The molecule has 0 spiro atoms. The van der Waals surface area contributed by atoms with Gasteiger partial charge in [0.25, 0.3) is 0 Å². The number of benzene rings is 1. The van der Waals surface area contributed by atoms with Crippen LogP contribution >= 0.6 is 0 Å². The number of aromatic nitrogens is 2. The molecule has 0 amide bonds. The molecule has 0 unspecified atom stereocenters. The molecule has 1 aliphatic rings. The van der Waals surface area contributed by atoms with Crippen molar-refractivity contribution in [3.8, 4) is 17.2 Å². The van der Waals surface area contributed by atoms with Crippen LogP contribution in [-0.2, 0) is 13.0 Å². The van der Waals surface area contributed by atoms with Crippen LogP contribution < -0.4 is 4.74 Å². The van der Waals surface area contributed by atoms with Crippen molar-refractivity contribution in [2.75, 3.05) is 13.1 Å². The number of likely N-dealkylation sites (tertiary alicyclic amines) is 1. The zero-order chi connectivity index (χ0) is 19.3. The molecule has 1 aliphatic heterocycles. The Bertz CT molecular complexity index is 890. The van der Waals surface area contributed by atoms with E-state index in [-0.39, 0.29) is 0 Å². The number of hydrogen-bond acceptors (Lipinski definition) is 5. The topological polar surface area (TPSA) is 51.4 Å². The summed E-state index contributed by atoms with van der Waals surface area (Å²) in [5.74, 6) is 2.40. The van der Waals surface area contributed by atoms with Crippen LogP contribution in [0.3, 0.4) is 0 Å². The van der Waals surface area contributed by atoms with Crippen molar-refractivity contribution in [2.24, 2.45) is 0 Å². The molecule has 1 fully saturated rings. The van der Waals surface area contributed by atoms with Crippen molar-refractivity contribution in [3.63, 3.8) is 0 Å². The number of aryl methyl sites for hydroxylation is 1. The zero-order valence-electron chi connectivity index (χ0n) is 16.6. The van der Waals surface area contributed by atoms with Crippen molar-refractivity contribution >= 4 is 0 Å². The molecule has 3 heterocycles. The van der Waals surface area contributed by atoms with Gasteiger partial charge in [-0.2, -0.15) is 0 Å². The first-order chi connectivity index (χ1) is 13.7. The normalized spacial score (nSPS) is 17.1. The lowest BCUT2D eigenvalue weighted by Crippen LogP contribution is -2.29. The van der Waals surface area contributed by atoms with Crippen LogP contribution in [0.4, 0.5) is 0 Å². The van der Waals surface area contributed by atoms with Gasteiger partial charge in [-0.15, -0.1) is 0 Å². The highest BCUT2D eigenvalue weighted by molar-refractivity contribution is 5.55. The van der Waals surface area contributed by atoms with E-state index in [0.29, 0.717) is 18.5 Å². The molecule has 0 N–H and O–H groups in total. The fraction of sp³-hybridized carbons (Fsp3) is 0.391. The number of pyridine rings is 1. The molecule has 0 aliphatic carbocycles. The Hall–Kier alpha value is -2.66. The highest BCUT2D eigenvalue weighted by atomic mass is 16.5. The Balaban J connectivity index is 1.37. The van der Waals surface area contributed by atoms with Gasteiger partial charge in [0, 0.05) is 30.8 Å². The minimum atomic E-state index is 0.456. The summed E-state index contributed by atoms with van der Waals surface area (Å²) >= 11 is 0. The van der Waals surface area contributed by atoms with Gasteiger partial charge in [-0.3, -0.25) is 4.98 Å². The number of nitrogens with zero attached hydrogens (tertiary/aromatic N) is 3. The maximum atomic E-state index is 5.93. The molecule has 3 aromatic rings. The molecule has 1 saturated heterocycles. The SMILES string of the molecule is Cc1oc(-c2ccc(OCc3ccccn3)cc2)nc1CCN1CCC[C@@H]1C. The number of hydrogen-bond donors (Lipinski definition) is 0. The first-order valence-electron chi connectivity index (χ1n) is 10.0. The molecule has 1 aromatic carbocycles. The largest absolute Gasteiger partial charge is 0.487 e. The summed E-state index contributed by atoms with van der Waals surface area (Å²) in [5.41, 5.74) is 2.94. The molecule has 5 heteroatoms. The smallest absolute Gasteiger partial charge is 0.226 e. The number of oxazole rings is 1. The van der Waals surface area contributed by atoms with E-state index in [2.05, 4.69) is 16.8 Å². The van der Waals surface area contributed by atoms with Crippen LogP contribution in [0, 0.1) is 6.92 Å². The van der Waals surface area contributed by atoms with E-state index < -0.39 is 0 Å². The summed E-state index contributed by atoms with van der Waals surface area (Å²) in [6, 6.07) is 14.4. The van der Waals surface area contributed by atoms with E-state index in [0.717, 1.165) is 41.4 Å². The van der Waals surface area contributed by atoms with Gasteiger partial charge in [0.2, 0.25) is 5.89 Å². The van der Waals surface area contributed by atoms with E-state index in [1.54, 1.807) is 6.20 Å². The monoisotopic (exact) mass is 377 g/mol. The van der Waals surface area contributed by atoms with Crippen molar-refractivity contribution in [2.45, 2.75) is 45.8 Å². The molecular weight excluding hydrogens is 350 g/mol. The second-order valence-electron chi connectivity index (χ2n) is 7.43. The molecule has 28 heavy (non-hydrogen) atoms. The molecular formula is C23H27N3O2. The fourth-order valence-electron chi connectivity index (χ4n) is 3.69. The lowest BCUT2D eigenvalue weighted by molar-refractivity contribution is 0.271. The second kappa shape index (κ2) is 8.57. The van der Waals surface area contributed by atoms with Crippen LogP contribution in [0.1, 0.15) is 36.9 Å². The third kappa shape index (κ3) is 4.42. The van der Waals surface area contributed by atoms with E-state index in [1.807, 2.05) is 49.4 Å². The standard InChI is InChI=1S/C23H27N3O2/c1-17-6-5-14-26(17)15-12-22-18(2)28-23(25-22)19-8-10-21(11-9-19)27-16-20-7-3-4-13-24-20/h3-4,7-11,13,17H,5-6,12,14-16H2,1-2H3/t17-/m0/s1. The predicted octanol–water partition coefficient (Wildman–Crippen LogP) is 4.65. The summed E-state index contributed by atoms with van der Waals surface area (Å²) in [6.45, 7) is 7.02. The molecule has 0 radical (unpaired) electrons. The molecule has 1 atom stereocenters. The van der Waals surface area contributed by atoms with Crippen molar-refractivity contribution in [3.05, 3.63) is 65.8 Å². The van der Waals surface area contributed by atoms with E-state index in [4.69, 9.17) is 14.1 Å². The average molecular weight is 377 g/mol. The second-order valence-corrected chi connectivity index (χ2v) is 7.43. The molecule has 4 rings (SSSR count). The van der Waals surface area contributed by atoms with Gasteiger partial charge in [-0.05, 0) is 69.6 Å². The van der Waals surface area contributed by atoms with Gasteiger partial charge in [-0.25, -0.2) is 4.98 Å². The third-order valence-corrected chi connectivity index (χ3v) is 5.43. The summed E-state index contributed by atoms with van der Waals surface area (Å²) in [5, 5.41) is 0. The third-order valence-electron chi connectivity index (χ3n) is 5.43. The summed E-state index contributed by atoms with van der Waals surface area (Å²) in [6.07, 6.45) is 5.32. The number of ether oxygens (including phenoxy) is 1. The Labute approximate surface area is 166 Å². The molecule has 5 nitrogen and oxygen atoms in total. The first kappa shape index (κ1) is 18.7. The van der Waals surface area contributed by atoms with E-state index in [9.17, 15) is 0 Å². The number of rotatable bonds is 7. The Morgan fingerprint density at radius 2 is 2.04 bits per heavy atom. The first-order valence-corrected chi connectivity index (χ1v) is 10.0. The highest BCUT2D eigenvalue weighted by Gasteiger charge is 2.21. The Morgan fingerprint density at radius 3 is 2.75 bits per heavy atom. The molecule has 2 aromatic heterocycles. The van der Waals surface area contributed by atoms with Gasteiger partial charge in [0.05, 0.1) is 11.4 Å². The van der Waals surface area contributed by atoms with E-state index in [1.165, 1.54) is 19.4 Å². The molecule has 0 saturated carbocycles. The minimum Gasteiger partial charge on any atom is -0.487 e. The average Bonchev–Trinajstić information content (AvgIpc) is 3.31.